The van der Waals surface area contributed by atoms with Crippen molar-refractivity contribution in [2.24, 2.45) is 0 Å². The van der Waals surface area contributed by atoms with E-state index in [0.717, 1.165) is 50.5 Å². The Hall–Kier alpha value is -2.51. The minimum Gasteiger partial charge on any atom is -0.369 e. The van der Waals surface area contributed by atoms with Gasteiger partial charge in [-0.05, 0) is 37.1 Å². The number of carbonyl (C=O) groups is 2. The van der Waals surface area contributed by atoms with Crippen LogP contribution in [0.25, 0.3) is 0 Å². The zero-order valence-corrected chi connectivity index (χ0v) is 21.6. The number of thioether (sulfide) groups is 1. The first-order valence-electron chi connectivity index (χ1n) is 12.9. The Bertz CT molecular complexity index is 956. The number of para-hydroxylation sites is 1. The third-order valence-corrected chi connectivity index (χ3v) is 8.26. The maximum Gasteiger partial charge on any atom is 0.252 e. The average molecular weight is 495 g/mol. The second kappa shape index (κ2) is 13.0. The summed E-state index contributed by atoms with van der Waals surface area (Å²) < 4.78 is 0. The van der Waals surface area contributed by atoms with E-state index in [1.807, 2.05) is 42.3 Å². The SMILES string of the molecule is CN(C(=O)CSc1ccccc1C(=O)NCCN1CCN(c2ccccc2)CC1)C1CCCCC1. The van der Waals surface area contributed by atoms with Gasteiger partial charge in [-0.1, -0.05) is 49.6 Å². The van der Waals surface area contributed by atoms with Gasteiger partial charge in [0.1, 0.15) is 0 Å². The third-order valence-electron chi connectivity index (χ3n) is 7.21. The molecule has 1 saturated carbocycles. The summed E-state index contributed by atoms with van der Waals surface area (Å²) in [7, 11) is 1.93. The lowest BCUT2D eigenvalue weighted by molar-refractivity contribution is -0.129. The Balaban J connectivity index is 1.21. The average Bonchev–Trinajstić information content (AvgIpc) is 2.92. The molecule has 6 nitrogen and oxygen atoms in total. The first kappa shape index (κ1) is 25.6. The Labute approximate surface area is 214 Å². The van der Waals surface area contributed by atoms with Gasteiger partial charge in [0, 0.05) is 62.9 Å². The highest BCUT2D eigenvalue weighted by atomic mass is 32.2. The van der Waals surface area contributed by atoms with Crippen molar-refractivity contribution in [3.05, 3.63) is 60.2 Å². The molecule has 2 aromatic carbocycles. The Morgan fingerprint density at radius 1 is 0.943 bits per heavy atom. The Kier molecular flexibility index (Phi) is 9.49. The summed E-state index contributed by atoms with van der Waals surface area (Å²) in [6, 6.07) is 18.5. The normalized spacial score (nSPS) is 17.2. The van der Waals surface area contributed by atoms with E-state index in [4.69, 9.17) is 0 Å². The predicted octanol–water partition coefficient (Wildman–Crippen LogP) is 4.12. The number of rotatable bonds is 9. The summed E-state index contributed by atoms with van der Waals surface area (Å²) in [5.41, 5.74) is 1.93. The second-order valence-electron chi connectivity index (χ2n) is 9.50. The molecule has 0 spiro atoms. The standard InChI is InChI=1S/C28H38N4O2S/c1-30(23-10-4-2-5-11-23)27(33)22-35-26-15-9-8-14-25(26)28(34)29-16-17-31-18-20-32(21-19-31)24-12-6-3-7-13-24/h3,6-9,12-15,23H,2,4-5,10-11,16-22H2,1H3,(H,29,34). The summed E-state index contributed by atoms with van der Waals surface area (Å²) in [5.74, 6) is 0.444. The van der Waals surface area contributed by atoms with Crippen LogP contribution in [0.1, 0.15) is 42.5 Å². The van der Waals surface area contributed by atoms with Crippen molar-refractivity contribution in [3.63, 3.8) is 0 Å². The highest BCUT2D eigenvalue weighted by molar-refractivity contribution is 8.00. The first-order valence-corrected chi connectivity index (χ1v) is 13.9. The van der Waals surface area contributed by atoms with E-state index in [-0.39, 0.29) is 11.8 Å². The maximum absolute atomic E-state index is 12.9. The molecule has 0 bridgehead atoms. The summed E-state index contributed by atoms with van der Waals surface area (Å²) >= 11 is 1.47. The number of hydrogen-bond acceptors (Lipinski definition) is 5. The molecule has 1 aliphatic heterocycles. The van der Waals surface area contributed by atoms with Gasteiger partial charge < -0.3 is 15.1 Å². The van der Waals surface area contributed by atoms with E-state index < -0.39 is 0 Å². The van der Waals surface area contributed by atoms with Gasteiger partial charge in [0.2, 0.25) is 5.91 Å². The van der Waals surface area contributed by atoms with Crippen LogP contribution in [0.4, 0.5) is 5.69 Å². The number of anilines is 1. The molecule has 1 saturated heterocycles. The number of nitrogens with zero attached hydrogens (tertiary/aromatic N) is 3. The van der Waals surface area contributed by atoms with Crippen LogP contribution in [0.2, 0.25) is 0 Å². The number of nitrogens with one attached hydrogen (secondary N) is 1. The molecule has 0 atom stereocenters. The van der Waals surface area contributed by atoms with Crippen LogP contribution in [-0.2, 0) is 4.79 Å². The van der Waals surface area contributed by atoms with E-state index >= 15 is 0 Å². The topological polar surface area (TPSA) is 55.9 Å². The van der Waals surface area contributed by atoms with E-state index in [1.54, 1.807) is 0 Å². The van der Waals surface area contributed by atoms with Crippen molar-refractivity contribution >= 4 is 29.3 Å². The van der Waals surface area contributed by atoms with Gasteiger partial charge in [0.25, 0.3) is 5.91 Å². The van der Waals surface area contributed by atoms with Gasteiger partial charge in [-0.25, -0.2) is 0 Å². The summed E-state index contributed by atoms with van der Waals surface area (Å²) in [6.07, 6.45) is 5.91. The van der Waals surface area contributed by atoms with Crippen LogP contribution in [0.5, 0.6) is 0 Å². The molecule has 0 radical (unpaired) electrons. The molecule has 1 heterocycles. The van der Waals surface area contributed by atoms with Crippen molar-refractivity contribution in [1.29, 1.82) is 0 Å². The van der Waals surface area contributed by atoms with Crippen LogP contribution in [0, 0.1) is 0 Å². The van der Waals surface area contributed by atoms with Crippen LogP contribution in [0.15, 0.2) is 59.5 Å². The number of amides is 2. The molecule has 2 fully saturated rings. The molecule has 0 unspecified atom stereocenters. The summed E-state index contributed by atoms with van der Waals surface area (Å²) in [5, 5.41) is 3.09. The molecule has 2 aromatic rings. The minimum absolute atomic E-state index is 0.0656. The molecule has 7 heteroatoms. The number of hydrogen-bond donors (Lipinski definition) is 1. The van der Waals surface area contributed by atoms with Crippen LogP contribution in [0.3, 0.4) is 0 Å². The number of carbonyl (C=O) groups excluding carboxylic acids is 2. The molecule has 4 rings (SSSR count). The zero-order chi connectivity index (χ0) is 24.5. The van der Waals surface area contributed by atoms with Crippen LogP contribution < -0.4 is 10.2 Å². The Morgan fingerprint density at radius 2 is 1.63 bits per heavy atom. The minimum atomic E-state index is -0.0656. The van der Waals surface area contributed by atoms with E-state index in [0.29, 0.717) is 23.9 Å². The van der Waals surface area contributed by atoms with Crippen LogP contribution >= 0.6 is 11.8 Å². The highest BCUT2D eigenvalue weighted by Gasteiger charge is 2.23. The quantitative estimate of drug-likeness (QED) is 0.532. The van der Waals surface area contributed by atoms with Crippen LogP contribution in [-0.4, -0.2) is 79.7 Å². The lowest BCUT2D eigenvalue weighted by Gasteiger charge is -2.36. The Morgan fingerprint density at radius 3 is 2.37 bits per heavy atom. The lowest BCUT2D eigenvalue weighted by Crippen LogP contribution is -2.48. The van der Waals surface area contributed by atoms with Gasteiger partial charge in [-0.15, -0.1) is 11.8 Å². The molecular weight excluding hydrogens is 456 g/mol. The molecule has 1 aliphatic carbocycles. The number of piperazine rings is 1. The third kappa shape index (κ3) is 7.24. The molecule has 188 valence electrons. The largest absolute Gasteiger partial charge is 0.369 e. The second-order valence-corrected chi connectivity index (χ2v) is 10.5. The van der Waals surface area contributed by atoms with Crippen molar-refractivity contribution in [2.75, 3.05) is 57.0 Å². The van der Waals surface area contributed by atoms with Crippen molar-refractivity contribution < 1.29 is 9.59 Å². The van der Waals surface area contributed by atoms with Gasteiger partial charge >= 0.3 is 0 Å². The lowest BCUT2D eigenvalue weighted by atomic mass is 9.94. The molecule has 0 aromatic heterocycles. The van der Waals surface area contributed by atoms with E-state index in [9.17, 15) is 9.59 Å². The number of benzene rings is 2. The first-order chi connectivity index (χ1) is 17.1. The summed E-state index contributed by atoms with van der Waals surface area (Å²) in [4.78, 5) is 33.3. The summed E-state index contributed by atoms with van der Waals surface area (Å²) in [6.45, 7) is 5.45. The zero-order valence-electron chi connectivity index (χ0n) is 20.8. The molecule has 2 aliphatic rings. The van der Waals surface area contributed by atoms with Gasteiger partial charge in [0.05, 0.1) is 11.3 Å². The van der Waals surface area contributed by atoms with E-state index in [1.165, 1.54) is 36.7 Å². The van der Waals surface area contributed by atoms with Gasteiger partial charge in [-0.3, -0.25) is 14.5 Å². The molecular formula is C28H38N4O2S. The van der Waals surface area contributed by atoms with Crippen molar-refractivity contribution in [2.45, 2.75) is 43.0 Å². The fourth-order valence-electron chi connectivity index (χ4n) is 4.98. The van der Waals surface area contributed by atoms with Crippen molar-refractivity contribution in [3.8, 4) is 0 Å². The fraction of sp³-hybridized carbons (Fsp3) is 0.500. The van der Waals surface area contributed by atoms with Gasteiger partial charge in [-0.2, -0.15) is 0 Å². The molecule has 2 amide bonds. The van der Waals surface area contributed by atoms with Crippen molar-refractivity contribution in [1.82, 2.24) is 15.1 Å². The fourth-order valence-corrected chi connectivity index (χ4v) is 5.96. The van der Waals surface area contributed by atoms with E-state index in [2.05, 4.69) is 39.4 Å². The van der Waals surface area contributed by atoms with Gasteiger partial charge in [0.15, 0.2) is 0 Å². The highest BCUT2D eigenvalue weighted by Crippen LogP contribution is 2.26. The maximum atomic E-state index is 12.9. The molecule has 35 heavy (non-hydrogen) atoms. The molecule has 1 N–H and O–H groups in total. The monoisotopic (exact) mass is 494 g/mol. The predicted molar refractivity (Wildman–Crippen MR) is 144 cm³/mol. The smallest absolute Gasteiger partial charge is 0.252 e.